The van der Waals surface area contributed by atoms with E-state index in [4.69, 9.17) is 10.5 Å². The quantitative estimate of drug-likeness (QED) is 0.891. The van der Waals surface area contributed by atoms with Crippen LogP contribution >= 0.6 is 12.4 Å². The molecule has 0 spiro atoms. The molecule has 1 saturated heterocycles. The highest BCUT2D eigenvalue weighted by Crippen LogP contribution is 2.28. The number of hydrogen-bond donors (Lipinski definition) is 1. The molecule has 1 aliphatic rings. The summed E-state index contributed by atoms with van der Waals surface area (Å²) in [6, 6.07) is 3.17. The molecule has 1 aliphatic heterocycles. The molecule has 1 aromatic rings. The van der Waals surface area contributed by atoms with Crippen LogP contribution in [0.5, 0.6) is 0 Å². The number of nitrogens with two attached hydrogens (primary N) is 1. The van der Waals surface area contributed by atoms with Crippen LogP contribution in [0.15, 0.2) is 18.2 Å². The van der Waals surface area contributed by atoms with E-state index in [1.54, 1.807) is 0 Å². The van der Waals surface area contributed by atoms with Gasteiger partial charge in [0.1, 0.15) is 11.6 Å². The zero-order valence-corrected chi connectivity index (χ0v) is 10.2. The second kappa shape index (κ2) is 6.28. The summed E-state index contributed by atoms with van der Waals surface area (Å²) in [6.07, 6.45) is 1.69. The molecular formula is C12H16ClF2NO. The van der Waals surface area contributed by atoms with Gasteiger partial charge < -0.3 is 10.5 Å². The molecule has 1 fully saturated rings. The van der Waals surface area contributed by atoms with E-state index < -0.39 is 11.6 Å². The van der Waals surface area contributed by atoms with E-state index in [9.17, 15) is 8.78 Å². The minimum atomic E-state index is -0.572. The van der Waals surface area contributed by atoms with Crippen molar-refractivity contribution in [3.63, 3.8) is 0 Å². The van der Waals surface area contributed by atoms with E-state index >= 15 is 0 Å². The molecule has 0 saturated carbocycles. The Morgan fingerprint density at radius 3 is 2.18 bits per heavy atom. The largest absolute Gasteiger partial charge is 0.381 e. The van der Waals surface area contributed by atoms with Gasteiger partial charge in [0.25, 0.3) is 0 Å². The van der Waals surface area contributed by atoms with Crippen LogP contribution in [-0.2, 0) is 4.74 Å². The number of ether oxygens (including phenoxy) is 1. The lowest BCUT2D eigenvalue weighted by atomic mass is 9.88. The standard InChI is InChI=1S/C12H15F2NO.ClH/c13-10-5-9(6-11(14)7-10)12(15)8-1-3-16-4-2-8;/h5-8,12H,1-4,15H2;1H/t12-;/m0./s1. The third-order valence-corrected chi connectivity index (χ3v) is 3.04. The Labute approximate surface area is 106 Å². The first kappa shape index (κ1) is 14.4. The van der Waals surface area contributed by atoms with Crippen LogP contribution in [0.25, 0.3) is 0 Å². The first-order valence-electron chi connectivity index (χ1n) is 5.46. The molecule has 0 radical (unpaired) electrons. The molecule has 1 heterocycles. The molecule has 2 rings (SSSR count). The first-order valence-corrected chi connectivity index (χ1v) is 5.46. The van der Waals surface area contributed by atoms with Crippen molar-refractivity contribution in [3.8, 4) is 0 Å². The lowest BCUT2D eigenvalue weighted by molar-refractivity contribution is 0.0583. The third-order valence-electron chi connectivity index (χ3n) is 3.04. The smallest absolute Gasteiger partial charge is 0.126 e. The fourth-order valence-electron chi connectivity index (χ4n) is 2.11. The zero-order chi connectivity index (χ0) is 11.5. The van der Waals surface area contributed by atoms with Crippen molar-refractivity contribution in [2.45, 2.75) is 18.9 Å². The maximum atomic E-state index is 13.0. The van der Waals surface area contributed by atoms with Gasteiger partial charge in [-0.1, -0.05) is 0 Å². The topological polar surface area (TPSA) is 35.2 Å². The highest BCUT2D eigenvalue weighted by molar-refractivity contribution is 5.85. The van der Waals surface area contributed by atoms with E-state index in [1.807, 2.05) is 0 Å². The summed E-state index contributed by atoms with van der Waals surface area (Å²) < 4.78 is 31.3. The van der Waals surface area contributed by atoms with Crippen molar-refractivity contribution < 1.29 is 13.5 Å². The van der Waals surface area contributed by atoms with E-state index in [0.717, 1.165) is 18.9 Å². The van der Waals surface area contributed by atoms with Gasteiger partial charge in [0.05, 0.1) is 0 Å². The predicted octanol–water partition coefficient (Wildman–Crippen LogP) is 2.81. The van der Waals surface area contributed by atoms with Gasteiger partial charge in [-0.2, -0.15) is 0 Å². The van der Waals surface area contributed by atoms with Crippen LogP contribution in [-0.4, -0.2) is 13.2 Å². The summed E-state index contributed by atoms with van der Waals surface area (Å²) in [5.74, 6) is -0.898. The van der Waals surface area contributed by atoms with Gasteiger partial charge >= 0.3 is 0 Å². The molecule has 0 unspecified atom stereocenters. The van der Waals surface area contributed by atoms with Crippen molar-refractivity contribution in [3.05, 3.63) is 35.4 Å². The Morgan fingerprint density at radius 1 is 1.12 bits per heavy atom. The van der Waals surface area contributed by atoms with Crippen molar-refractivity contribution >= 4 is 12.4 Å². The summed E-state index contributed by atoms with van der Waals surface area (Å²) in [5.41, 5.74) is 6.55. The summed E-state index contributed by atoms with van der Waals surface area (Å²) in [4.78, 5) is 0. The molecule has 17 heavy (non-hydrogen) atoms. The van der Waals surface area contributed by atoms with E-state index in [0.29, 0.717) is 18.8 Å². The Bertz CT molecular complexity index is 349. The molecule has 2 nitrogen and oxygen atoms in total. The first-order chi connectivity index (χ1) is 7.66. The van der Waals surface area contributed by atoms with Gasteiger partial charge in [-0.15, -0.1) is 12.4 Å². The van der Waals surface area contributed by atoms with E-state index in [1.165, 1.54) is 12.1 Å². The molecule has 0 aromatic heterocycles. The Kier molecular flexibility index (Phi) is 5.31. The SMILES string of the molecule is Cl.N[C@H](c1cc(F)cc(F)c1)C1CCOCC1. The Balaban J connectivity index is 0.00000144. The Hall–Kier alpha value is -0.710. The van der Waals surface area contributed by atoms with Gasteiger partial charge in [-0.3, -0.25) is 0 Å². The molecule has 0 aliphatic carbocycles. The van der Waals surface area contributed by atoms with Gasteiger partial charge in [-0.25, -0.2) is 8.78 Å². The molecule has 2 N–H and O–H groups in total. The van der Waals surface area contributed by atoms with Crippen LogP contribution in [0.3, 0.4) is 0 Å². The van der Waals surface area contributed by atoms with Crippen LogP contribution in [0.4, 0.5) is 8.78 Å². The minimum Gasteiger partial charge on any atom is -0.381 e. The van der Waals surface area contributed by atoms with Crippen molar-refractivity contribution in [1.29, 1.82) is 0 Å². The van der Waals surface area contributed by atoms with Crippen LogP contribution in [0.2, 0.25) is 0 Å². The lowest BCUT2D eigenvalue weighted by Gasteiger charge is -2.27. The van der Waals surface area contributed by atoms with Gasteiger partial charge in [0.15, 0.2) is 0 Å². The van der Waals surface area contributed by atoms with Crippen LogP contribution in [0, 0.1) is 17.6 Å². The second-order valence-electron chi connectivity index (χ2n) is 4.18. The normalized spacial score (nSPS) is 18.5. The molecule has 1 atom stereocenters. The van der Waals surface area contributed by atoms with Gasteiger partial charge in [-0.05, 0) is 36.5 Å². The van der Waals surface area contributed by atoms with Crippen LogP contribution < -0.4 is 5.73 Å². The molecule has 5 heteroatoms. The van der Waals surface area contributed by atoms with E-state index in [2.05, 4.69) is 0 Å². The number of rotatable bonds is 2. The van der Waals surface area contributed by atoms with Crippen molar-refractivity contribution in [1.82, 2.24) is 0 Å². The lowest BCUT2D eigenvalue weighted by Crippen LogP contribution is -2.27. The average molecular weight is 264 g/mol. The van der Waals surface area contributed by atoms with Crippen molar-refractivity contribution in [2.24, 2.45) is 11.7 Å². The van der Waals surface area contributed by atoms with Gasteiger partial charge in [0.2, 0.25) is 0 Å². The fraction of sp³-hybridized carbons (Fsp3) is 0.500. The monoisotopic (exact) mass is 263 g/mol. The second-order valence-corrected chi connectivity index (χ2v) is 4.18. The average Bonchev–Trinajstić information content (AvgIpc) is 2.28. The van der Waals surface area contributed by atoms with Crippen molar-refractivity contribution in [2.75, 3.05) is 13.2 Å². The highest BCUT2D eigenvalue weighted by atomic mass is 35.5. The number of halogens is 3. The summed E-state index contributed by atoms with van der Waals surface area (Å²) in [5, 5.41) is 0. The molecule has 96 valence electrons. The van der Waals surface area contributed by atoms with Gasteiger partial charge in [0, 0.05) is 25.3 Å². The third kappa shape index (κ3) is 3.63. The van der Waals surface area contributed by atoms with Crippen LogP contribution in [0.1, 0.15) is 24.4 Å². The minimum absolute atomic E-state index is 0. The summed E-state index contributed by atoms with van der Waals surface area (Å²) in [6.45, 7) is 1.35. The molecule has 1 aromatic carbocycles. The maximum Gasteiger partial charge on any atom is 0.126 e. The number of hydrogen-bond acceptors (Lipinski definition) is 2. The molecule has 0 bridgehead atoms. The molecular weight excluding hydrogens is 248 g/mol. The zero-order valence-electron chi connectivity index (χ0n) is 9.36. The summed E-state index contributed by atoms with van der Waals surface area (Å²) >= 11 is 0. The van der Waals surface area contributed by atoms with E-state index in [-0.39, 0.29) is 24.4 Å². The maximum absolute atomic E-state index is 13.0. The molecule has 0 amide bonds. The fourth-order valence-corrected chi connectivity index (χ4v) is 2.11. The number of benzene rings is 1. The predicted molar refractivity (Wildman–Crippen MR) is 64.1 cm³/mol. The summed E-state index contributed by atoms with van der Waals surface area (Å²) in [7, 11) is 0. The Morgan fingerprint density at radius 2 is 1.65 bits per heavy atom. The highest BCUT2D eigenvalue weighted by Gasteiger charge is 2.22.